The number of carbonyl (C=O) groups excluding carboxylic acids is 4. The molecule has 0 aliphatic carbocycles. The largest absolute Gasteiger partial charge is 0.445 e. The lowest BCUT2D eigenvalue weighted by Gasteiger charge is -2.45. The summed E-state index contributed by atoms with van der Waals surface area (Å²) in [6.45, 7) is 2.48. The first-order valence-corrected chi connectivity index (χ1v) is 19.1. The number of para-hydroxylation sites is 1. The topological polar surface area (TPSA) is 150 Å². The highest BCUT2D eigenvalue weighted by molar-refractivity contribution is 6.23. The van der Waals surface area contributed by atoms with Crippen molar-refractivity contribution in [2.24, 2.45) is 0 Å². The maximum absolute atomic E-state index is 13.5. The summed E-state index contributed by atoms with van der Waals surface area (Å²) >= 11 is 0. The van der Waals surface area contributed by atoms with Gasteiger partial charge < -0.3 is 39.8 Å². The van der Waals surface area contributed by atoms with Crippen molar-refractivity contribution in [3.8, 4) is 0 Å². The lowest BCUT2D eigenvalue weighted by atomic mass is 9.85. The Kier molecular flexibility index (Phi) is 10.8. The van der Waals surface area contributed by atoms with Gasteiger partial charge in [0.15, 0.2) is 6.29 Å². The van der Waals surface area contributed by atoms with Gasteiger partial charge in [0.25, 0.3) is 5.91 Å². The molecule has 0 bridgehead atoms. The lowest BCUT2D eigenvalue weighted by Crippen LogP contribution is -2.57. The highest BCUT2D eigenvalue weighted by Gasteiger charge is 2.50. The quantitative estimate of drug-likeness (QED) is 0.194. The SMILES string of the molecule is O=C(NC1CC(=O)N(c2cccc([C@H]3O[C@@H](CN4CCC5(CC4)C(=O)NCN5c4ccccc4)C[C@@H](c4ccc(CO)cc4)O3)c2)C1=O)OCc1ccccc1. The van der Waals surface area contributed by atoms with E-state index in [2.05, 4.69) is 20.4 Å². The number of rotatable bonds is 10. The van der Waals surface area contributed by atoms with Gasteiger partial charge in [-0.25, -0.2) is 9.69 Å². The Labute approximate surface area is 325 Å². The van der Waals surface area contributed by atoms with E-state index in [1.807, 2.05) is 91.0 Å². The maximum atomic E-state index is 13.5. The van der Waals surface area contributed by atoms with Gasteiger partial charge in [0.2, 0.25) is 11.8 Å². The molecule has 4 atom stereocenters. The number of hydrogen-bond acceptors (Lipinski definition) is 10. The van der Waals surface area contributed by atoms with E-state index < -0.39 is 35.8 Å². The van der Waals surface area contributed by atoms with Crippen molar-refractivity contribution in [1.29, 1.82) is 0 Å². The molecule has 4 aromatic rings. The fraction of sp³-hybridized carbons (Fsp3) is 0.349. The summed E-state index contributed by atoms with van der Waals surface area (Å²) in [6.07, 6.45) is -0.476. The Morgan fingerprint density at radius 1 is 0.839 bits per heavy atom. The third-order valence-electron chi connectivity index (χ3n) is 11.2. The predicted octanol–water partition coefficient (Wildman–Crippen LogP) is 4.71. The highest BCUT2D eigenvalue weighted by atomic mass is 16.7. The Hall–Kier alpha value is -5.60. The Balaban J connectivity index is 0.962. The third-order valence-corrected chi connectivity index (χ3v) is 11.2. The average molecular weight is 760 g/mol. The number of amides is 4. The summed E-state index contributed by atoms with van der Waals surface area (Å²) in [4.78, 5) is 58.2. The zero-order valence-electron chi connectivity index (χ0n) is 30.9. The minimum atomic E-state index is -1.06. The Morgan fingerprint density at radius 2 is 1.55 bits per heavy atom. The number of alkyl carbamates (subject to hydrolysis) is 1. The molecule has 4 aromatic carbocycles. The van der Waals surface area contributed by atoms with E-state index >= 15 is 0 Å². The van der Waals surface area contributed by atoms with E-state index in [1.54, 1.807) is 18.2 Å². The second-order valence-electron chi connectivity index (χ2n) is 14.7. The number of benzene rings is 4. The van der Waals surface area contributed by atoms with Gasteiger partial charge in [0.1, 0.15) is 18.2 Å². The van der Waals surface area contributed by atoms with Gasteiger partial charge in [-0.15, -0.1) is 0 Å². The van der Waals surface area contributed by atoms with E-state index in [1.165, 1.54) is 0 Å². The molecule has 0 saturated carbocycles. The molecule has 4 aliphatic rings. The zero-order chi connectivity index (χ0) is 38.6. The third kappa shape index (κ3) is 7.76. The first-order valence-electron chi connectivity index (χ1n) is 19.1. The molecule has 56 heavy (non-hydrogen) atoms. The summed E-state index contributed by atoms with van der Waals surface area (Å²) in [5.41, 5.74) is 3.92. The van der Waals surface area contributed by atoms with Crippen LogP contribution in [0.2, 0.25) is 0 Å². The fourth-order valence-electron chi connectivity index (χ4n) is 8.19. The summed E-state index contributed by atoms with van der Waals surface area (Å²) in [7, 11) is 0. The number of aliphatic hydroxyl groups is 1. The normalized spacial score (nSPS) is 23.7. The number of anilines is 2. The van der Waals surface area contributed by atoms with Crippen LogP contribution < -0.4 is 20.4 Å². The number of ether oxygens (including phenoxy) is 3. The van der Waals surface area contributed by atoms with Crippen LogP contribution in [0.4, 0.5) is 16.2 Å². The number of hydrogen-bond donors (Lipinski definition) is 3. The number of likely N-dealkylation sites (tertiary alicyclic amines) is 1. The second kappa shape index (κ2) is 16.2. The zero-order valence-corrected chi connectivity index (χ0v) is 30.9. The van der Waals surface area contributed by atoms with E-state index in [-0.39, 0.29) is 37.7 Å². The number of piperidine rings is 1. The molecular formula is C43H45N5O8. The molecule has 4 saturated heterocycles. The van der Waals surface area contributed by atoms with Gasteiger partial charge in [-0.05, 0) is 53.8 Å². The number of imide groups is 1. The predicted molar refractivity (Wildman–Crippen MR) is 206 cm³/mol. The molecule has 1 spiro atoms. The first-order chi connectivity index (χ1) is 27.3. The van der Waals surface area contributed by atoms with Crippen molar-refractivity contribution in [3.05, 3.63) is 131 Å². The molecule has 4 aliphatic heterocycles. The smallest absolute Gasteiger partial charge is 0.408 e. The van der Waals surface area contributed by atoms with Crippen molar-refractivity contribution >= 4 is 35.2 Å². The van der Waals surface area contributed by atoms with Crippen molar-refractivity contribution < 1.29 is 38.5 Å². The molecule has 0 radical (unpaired) electrons. The average Bonchev–Trinajstić information content (AvgIpc) is 3.70. The summed E-state index contributed by atoms with van der Waals surface area (Å²) < 4.78 is 18.5. The molecule has 4 fully saturated rings. The number of nitrogens with zero attached hydrogens (tertiary/aromatic N) is 3. The summed E-state index contributed by atoms with van der Waals surface area (Å²) in [5, 5.41) is 15.3. The van der Waals surface area contributed by atoms with Crippen molar-refractivity contribution in [1.82, 2.24) is 15.5 Å². The molecule has 290 valence electrons. The molecule has 8 rings (SSSR count). The molecule has 1 unspecified atom stereocenters. The Bertz CT molecular complexity index is 2040. The monoisotopic (exact) mass is 759 g/mol. The van der Waals surface area contributed by atoms with Gasteiger partial charge in [0, 0.05) is 37.3 Å². The molecular weight excluding hydrogens is 715 g/mol. The molecule has 4 amide bonds. The standard InChI is InChI=1S/C43H45N5O8/c49-26-29-14-16-31(17-15-29)37-23-35(25-46-20-18-43(19-21-46)41(52)44-28-47(43)33-11-5-2-6-12-33)55-40(56-37)32-10-7-13-34(22-32)48-38(50)24-36(39(48)51)45-42(53)54-27-30-8-3-1-4-9-30/h1-17,22,35-37,40,49H,18-21,23-28H2,(H,44,52)(H,45,53)/t35-,36?,37+,40+/m1/s1. The number of carbonyl (C=O) groups is 4. The summed E-state index contributed by atoms with van der Waals surface area (Å²) in [5.74, 6) is -0.941. The van der Waals surface area contributed by atoms with Gasteiger partial charge in [-0.2, -0.15) is 0 Å². The van der Waals surface area contributed by atoms with Gasteiger partial charge in [0.05, 0.1) is 37.6 Å². The van der Waals surface area contributed by atoms with Crippen LogP contribution >= 0.6 is 0 Å². The van der Waals surface area contributed by atoms with Crippen molar-refractivity contribution in [2.75, 3.05) is 36.1 Å². The molecule has 13 nitrogen and oxygen atoms in total. The molecule has 4 heterocycles. The molecule has 0 aromatic heterocycles. The van der Waals surface area contributed by atoms with E-state index in [0.717, 1.165) is 27.3 Å². The van der Waals surface area contributed by atoms with Crippen LogP contribution in [0.25, 0.3) is 0 Å². The van der Waals surface area contributed by atoms with E-state index in [9.17, 15) is 24.3 Å². The molecule has 13 heteroatoms. The van der Waals surface area contributed by atoms with Crippen LogP contribution in [0, 0.1) is 0 Å². The van der Waals surface area contributed by atoms with Crippen LogP contribution in [0.15, 0.2) is 109 Å². The van der Waals surface area contributed by atoms with Gasteiger partial charge in [-0.3, -0.25) is 14.4 Å². The summed E-state index contributed by atoms with van der Waals surface area (Å²) in [6, 6.07) is 32.8. The lowest BCUT2D eigenvalue weighted by molar-refractivity contribution is -0.253. The first kappa shape index (κ1) is 37.3. The molecule has 3 N–H and O–H groups in total. The maximum Gasteiger partial charge on any atom is 0.408 e. The van der Waals surface area contributed by atoms with Crippen LogP contribution in [0.5, 0.6) is 0 Å². The van der Waals surface area contributed by atoms with E-state index in [4.69, 9.17) is 14.2 Å². The second-order valence-corrected chi connectivity index (χ2v) is 14.7. The van der Waals surface area contributed by atoms with Crippen LogP contribution in [0.3, 0.4) is 0 Å². The van der Waals surface area contributed by atoms with Crippen molar-refractivity contribution in [3.63, 3.8) is 0 Å². The Morgan fingerprint density at radius 3 is 2.29 bits per heavy atom. The number of aliphatic hydroxyl groups excluding tert-OH is 1. The number of nitrogens with one attached hydrogen (secondary N) is 2. The fourth-order valence-corrected chi connectivity index (χ4v) is 8.19. The van der Waals surface area contributed by atoms with E-state index in [0.29, 0.717) is 56.8 Å². The van der Waals surface area contributed by atoms with Crippen LogP contribution in [-0.2, 0) is 41.8 Å². The van der Waals surface area contributed by atoms with Crippen LogP contribution in [0.1, 0.15) is 60.3 Å². The van der Waals surface area contributed by atoms with Gasteiger partial charge in [-0.1, -0.05) is 84.9 Å². The minimum Gasteiger partial charge on any atom is -0.445 e. The highest BCUT2D eigenvalue weighted by Crippen LogP contribution is 2.41. The minimum absolute atomic E-state index is 0.0325. The van der Waals surface area contributed by atoms with Gasteiger partial charge >= 0.3 is 6.09 Å². The van der Waals surface area contributed by atoms with Crippen LogP contribution in [-0.4, -0.2) is 77.8 Å². The van der Waals surface area contributed by atoms with Crippen molar-refractivity contribution in [2.45, 2.75) is 69.0 Å².